The molecule has 1 saturated heterocycles. The van der Waals surface area contributed by atoms with Gasteiger partial charge in [0.25, 0.3) is 5.91 Å². The smallest absolute Gasteiger partial charge is 0.271 e. The second-order valence-electron chi connectivity index (χ2n) is 5.91. The molecular weight excluding hydrogens is 356 g/mol. The molecule has 0 radical (unpaired) electrons. The molecule has 1 N–H and O–H groups in total. The number of carbonyl (C=O) groups excluding carboxylic acids is 1. The van der Waals surface area contributed by atoms with Crippen molar-refractivity contribution in [2.24, 2.45) is 4.99 Å². The first kappa shape index (κ1) is 17.1. The fourth-order valence-corrected chi connectivity index (χ4v) is 3.73. The van der Waals surface area contributed by atoms with E-state index in [2.05, 4.69) is 4.99 Å². The van der Waals surface area contributed by atoms with Crippen molar-refractivity contribution in [3.8, 4) is 5.75 Å². The maximum atomic E-state index is 13.1. The van der Waals surface area contributed by atoms with Crippen LogP contribution in [0.3, 0.4) is 0 Å². The summed E-state index contributed by atoms with van der Waals surface area (Å²) in [6.45, 7) is 0. The van der Waals surface area contributed by atoms with Gasteiger partial charge in [0.1, 0.15) is 5.75 Å². The summed E-state index contributed by atoms with van der Waals surface area (Å²) < 4.78 is 0. The number of benzene rings is 3. The number of phenols is 1. The molecule has 0 unspecified atom stereocenters. The molecule has 0 saturated carbocycles. The minimum atomic E-state index is -0.135. The summed E-state index contributed by atoms with van der Waals surface area (Å²) in [6.07, 6.45) is 1.77. The minimum absolute atomic E-state index is 0.135. The molecule has 1 amide bonds. The number of para-hydroxylation sites is 2. The number of anilines is 1. The molecule has 4 rings (SSSR count). The van der Waals surface area contributed by atoms with Gasteiger partial charge < -0.3 is 5.11 Å². The lowest BCUT2D eigenvalue weighted by molar-refractivity contribution is -0.113. The molecule has 3 aromatic carbocycles. The number of aromatic hydroxyl groups is 1. The molecule has 3 aromatic rings. The van der Waals surface area contributed by atoms with E-state index in [9.17, 15) is 9.90 Å². The standard InChI is InChI=1S/C22H16N2O2S/c25-19-13-7-8-16(14-19)15-20-21(26)24(18-11-5-2-6-12-18)22(27-20)23-17-9-3-1-4-10-17/h1-15,25H/b20-15+,23-22?. The summed E-state index contributed by atoms with van der Waals surface area (Å²) >= 11 is 1.32. The van der Waals surface area contributed by atoms with E-state index >= 15 is 0 Å². The van der Waals surface area contributed by atoms with Crippen LogP contribution in [-0.2, 0) is 4.79 Å². The van der Waals surface area contributed by atoms with E-state index in [1.54, 1.807) is 29.2 Å². The summed E-state index contributed by atoms with van der Waals surface area (Å²) in [5.41, 5.74) is 2.32. The van der Waals surface area contributed by atoms with Gasteiger partial charge in [-0.25, -0.2) is 4.99 Å². The zero-order chi connectivity index (χ0) is 18.6. The number of amides is 1. The van der Waals surface area contributed by atoms with Crippen LogP contribution < -0.4 is 4.90 Å². The van der Waals surface area contributed by atoms with Gasteiger partial charge in [-0.05, 0) is 59.8 Å². The third kappa shape index (κ3) is 3.78. The van der Waals surface area contributed by atoms with Crippen LogP contribution in [0.2, 0.25) is 0 Å². The quantitative estimate of drug-likeness (QED) is 0.643. The number of nitrogens with zero attached hydrogens (tertiary/aromatic N) is 2. The first-order valence-corrected chi connectivity index (χ1v) is 9.24. The first-order valence-electron chi connectivity index (χ1n) is 8.42. The molecule has 1 aliphatic rings. The van der Waals surface area contributed by atoms with E-state index in [1.807, 2.05) is 66.7 Å². The Bertz CT molecular complexity index is 1030. The molecule has 1 aliphatic heterocycles. The second-order valence-corrected chi connectivity index (χ2v) is 6.92. The molecule has 0 aliphatic carbocycles. The van der Waals surface area contributed by atoms with Crippen molar-refractivity contribution in [2.75, 3.05) is 4.90 Å². The Balaban J connectivity index is 1.77. The SMILES string of the molecule is O=C1/C(=C\c2cccc(O)c2)SC(=Nc2ccccc2)N1c1ccccc1. The minimum Gasteiger partial charge on any atom is -0.508 e. The van der Waals surface area contributed by atoms with Gasteiger partial charge in [0.05, 0.1) is 16.3 Å². The molecule has 0 spiro atoms. The van der Waals surface area contributed by atoms with Crippen LogP contribution in [0.1, 0.15) is 5.56 Å². The zero-order valence-electron chi connectivity index (χ0n) is 14.3. The van der Waals surface area contributed by atoms with Crippen molar-refractivity contribution < 1.29 is 9.90 Å². The Morgan fingerprint density at radius 2 is 1.59 bits per heavy atom. The monoisotopic (exact) mass is 372 g/mol. The van der Waals surface area contributed by atoms with Crippen LogP contribution >= 0.6 is 11.8 Å². The van der Waals surface area contributed by atoms with Crippen LogP contribution in [0.4, 0.5) is 11.4 Å². The Hall–Kier alpha value is -3.31. The van der Waals surface area contributed by atoms with Gasteiger partial charge in [0.2, 0.25) is 0 Å². The fraction of sp³-hybridized carbons (Fsp3) is 0. The number of thioether (sulfide) groups is 1. The lowest BCUT2D eigenvalue weighted by atomic mass is 10.2. The number of rotatable bonds is 3. The average molecular weight is 372 g/mol. The normalized spacial score (nSPS) is 17.0. The summed E-state index contributed by atoms with van der Waals surface area (Å²) in [7, 11) is 0. The van der Waals surface area contributed by atoms with Crippen LogP contribution in [-0.4, -0.2) is 16.2 Å². The van der Waals surface area contributed by atoms with E-state index in [0.717, 1.165) is 16.9 Å². The van der Waals surface area contributed by atoms with Gasteiger partial charge in [-0.15, -0.1) is 0 Å². The van der Waals surface area contributed by atoms with Gasteiger partial charge >= 0.3 is 0 Å². The van der Waals surface area contributed by atoms with E-state index < -0.39 is 0 Å². The third-order valence-corrected chi connectivity index (χ3v) is 4.94. The predicted molar refractivity (Wildman–Crippen MR) is 111 cm³/mol. The Labute approximate surface area is 161 Å². The molecular formula is C22H16N2O2S. The maximum Gasteiger partial charge on any atom is 0.271 e. The molecule has 0 aromatic heterocycles. The molecule has 27 heavy (non-hydrogen) atoms. The highest BCUT2D eigenvalue weighted by Crippen LogP contribution is 2.37. The fourth-order valence-electron chi connectivity index (χ4n) is 2.73. The number of hydrogen-bond acceptors (Lipinski definition) is 4. The van der Waals surface area contributed by atoms with E-state index in [-0.39, 0.29) is 11.7 Å². The van der Waals surface area contributed by atoms with Crippen molar-refractivity contribution in [3.63, 3.8) is 0 Å². The van der Waals surface area contributed by atoms with Crippen molar-refractivity contribution in [1.29, 1.82) is 0 Å². The van der Waals surface area contributed by atoms with Crippen LogP contribution in [0, 0.1) is 0 Å². The molecule has 5 heteroatoms. The van der Waals surface area contributed by atoms with Crippen molar-refractivity contribution >= 4 is 40.3 Å². The number of aliphatic imine (C=N–C) groups is 1. The van der Waals surface area contributed by atoms with Gasteiger partial charge in [-0.2, -0.15) is 0 Å². The van der Waals surface area contributed by atoms with Crippen LogP contribution in [0.25, 0.3) is 6.08 Å². The van der Waals surface area contributed by atoms with E-state index in [1.165, 1.54) is 11.8 Å². The summed E-state index contributed by atoms with van der Waals surface area (Å²) in [4.78, 5) is 19.9. The number of carbonyl (C=O) groups is 1. The third-order valence-electron chi connectivity index (χ3n) is 3.97. The summed E-state index contributed by atoms with van der Waals surface area (Å²) in [6, 6.07) is 25.9. The average Bonchev–Trinajstić information content (AvgIpc) is 2.98. The van der Waals surface area contributed by atoms with Crippen molar-refractivity contribution in [1.82, 2.24) is 0 Å². The van der Waals surface area contributed by atoms with Gasteiger partial charge in [-0.1, -0.05) is 48.5 Å². The van der Waals surface area contributed by atoms with Gasteiger partial charge in [0.15, 0.2) is 5.17 Å². The lowest BCUT2D eigenvalue weighted by Gasteiger charge is -2.15. The molecule has 132 valence electrons. The summed E-state index contributed by atoms with van der Waals surface area (Å²) in [5, 5.41) is 10.3. The van der Waals surface area contributed by atoms with Crippen LogP contribution in [0.5, 0.6) is 5.75 Å². The number of phenolic OH excluding ortho intramolecular Hbond substituents is 1. The van der Waals surface area contributed by atoms with Gasteiger partial charge in [0, 0.05) is 0 Å². The summed E-state index contributed by atoms with van der Waals surface area (Å²) in [5.74, 6) is 0.0297. The highest BCUT2D eigenvalue weighted by atomic mass is 32.2. The molecule has 1 fully saturated rings. The molecule has 0 atom stereocenters. The Kier molecular flexibility index (Phi) is 4.77. The van der Waals surface area contributed by atoms with Crippen molar-refractivity contribution in [2.45, 2.75) is 0 Å². The van der Waals surface area contributed by atoms with Crippen molar-refractivity contribution in [3.05, 3.63) is 95.4 Å². The first-order chi connectivity index (χ1) is 13.2. The lowest BCUT2D eigenvalue weighted by Crippen LogP contribution is -2.28. The largest absolute Gasteiger partial charge is 0.508 e. The topological polar surface area (TPSA) is 52.9 Å². The Morgan fingerprint density at radius 1 is 0.889 bits per heavy atom. The maximum absolute atomic E-state index is 13.1. The molecule has 1 heterocycles. The number of hydrogen-bond donors (Lipinski definition) is 1. The highest BCUT2D eigenvalue weighted by molar-refractivity contribution is 8.19. The Morgan fingerprint density at radius 3 is 2.30 bits per heavy atom. The van der Waals surface area contributed by atoms with Crippen LogP contribution in [0.15, 0.2) is 94.8 Å². The van der Waals surface area contributed by atoms with Gasteiger partial charge in [-0.3, -0.25) is 9.69 Å². The predicted octanol–water partition coefficient (Wildman–Crippen LogP) is 5.20. The highest BCUT2D eigenvalue weighted by Gasteiger charge is 2.34. The zero-order valence-corrected chi connectivity index (χ0v) is 15.1. The molecule has 4 nitrogen and oxygen atoms in total. The van der Waals surface area contributed by atoms with E-state index in [0.29, 0.717) is 10.1 Å². The number of amidine groups is 1. The molecule has 0 bridgehead atoms. The van der Waals surface area contributed by atoms with E-state index in [4.69, 9.17) is 0 Å². The second kappa shape index (κ2) is 7.51.